The lowest BCUT2D eigenvalue weighted by Crippen LogP contribution is -2.29. The van der Waals surface area contributed by atoms with E-state index in [4.69, 9.17) is 0 Å². The van der Waals surface area contributed by atoms with E-state index in [0.29, 0.717) is 12.1 Å². The van der Waals surface area contributed by atoms with Crippen molar-refractivity contribution in [3.8, 4) is 0 Å². The smallest absolute Gasteiger partial charge is 0.290 e. The zero-order valence-corrected chi connectivity index (χ0v) is 18.0. The van der Waals surface area contributed by atoms with Crippen molar-refractivity contribution in [2.24, 2.45) is 0 Å². The maximum Gasteiger partial charge on any atom is 0.290 e. The number of nitrogens with zero attached hydrogens (tertiary/aromatic N) is 1. The molecule has 1 aliphatic heterocycles. The predicted molar refractivity (Wildman–Crippen MR) is 119 cm³/mol. The van der Waals surface area contributed by atoms with Gasteiger partial charge in [-0.25, -0.2) is 0 Å². The number of aliphatic hydroxyl groups excluding tert-OH is 1. The molecule has 1 heterocycles. The van der Waals surface area contributed by atoms with Gasteiger partial charge in [0, 0.05) is 16.6 Å². The fourth-order valence-corrected chi connectivity index (χ4v) is 4.18. The summed E-state index contributed by atoms with van der Waals surface area (Å²) in [6.07, 6.45) is 0. The molecular formula is C25H22BrNO2. The topological polar surface area (TPSA) is 40.5 Å². The van der Waals surface area contributed by atoms with Crippen molar-refractivity contribution in [2.75, 3.05) is 0 Å². The largest absolute Gasteiger partial charge is 0.503 e. The van der Waals surface area contributed by atoms with Gasteiger partial charge in [-0.15, -0.1) is 0 Å². The molecule has 0 saturated carbocycles. The van der Waals surface area contributed by atoms with Gasteiger partial charge in [0.1, 0.15) is 0 Å². The van der Waals surface area contributed by atoms with Gasteiger partial charge in [0.2, 0.25) is 0 Å². The number of halogens is 1. The first-order chi connectivity index (χ1) is 13.9. The van der Waals surface area contributed by atoms with Crippen LogP contribution in [0.4, 0.5) is 0 Å². The molecule has 4 rings (SSSR count). The van der Waals surface area contributed by atoms with E-state index in [-0.39, 0.29) is 17.7 Å². The van der Waals surface area contributed by atoms with E-state index in [1.807, 2.05) is 86.6 Å². The number of carbonyl (C=O) groups is 1. The van der Waals surface area contributed by atoms with Crippen LogP contribution in [0, 0.1) is 13.8 Å². The molecule has 0 fully saturated rings. The van der Waals surface area contributed by atoms with Crippen molar-refractivity contribution in [1.29, 1.82) is 0 Å². The minimum absolute atomic E-state index is 0.175. The van der Waals surface area contributed by atoms with Crippen LogP contribution in [0.3, 0.4) is 0 Å². The van der Waals surface area contributed by atoms with Gasteiger partial charge in [0.05, 0.1) is 6.04 Å². The number of rotatable bonds is 4. The van der Waals surface area contributed by atoms with Gasteiger partial charge in [0.25, 0.3) is 5.91 Å². The van der Waals surface area contributed by atoms with Gasteiger partial charge >= 0.3 is 0 Å². The molecule has 0 aliphatic carbocycles. The Kier molecular flexibility index (Phi) is 5.29. The number of carbonyl (C=O) groups excluding carboxylic acids is 1. The molecule has 4 heteroatoms. The molecule has 0 radical (unpaired) electrons. The first kappa shape index (κ1) is 19.5. The van der Waals surface area contributed by atoms with E-state index in [0.717, 1.165) is 26.7 Å². The number of hydrogen-bond acceptors (Lipinski definition) is 2. The molecule has 0 bridgehead atoms. The molecule has 3 aromatic carbocycles. The summed E-state index contributed by atoms with van der Waals surface area (Å²) < 4.78 is 0.937. The van der Waals surface area contributed by atoms with E-state index < -0.39 is 0 Å². The third-order valence-corrected chi connectivity index (χ3v) is 5.80. The third kappa shape index (κ3) is 3.85. The van der Waals surface area contributed by atoms with Crippen molar-refractivity contribution in [3.63, 3.8) is 0 Å². The highest BCUT2D eigenvalue weighted by molar-refractivity contribution is 9.10. The van der Waals surface area contributed by atoms with Crippen LogP contribution in [0.5, 0.6) is 0 Å². The summed E-state index contributed by atoms with van der Waals surface area (Å²) in [4.78, 5) is 14.8. The monoisotopic (exact) mass is 447 g/mol. The van der Waals surface area contributed by atoms with E-state index in [2.05, 4.69) is 15.9 Å². The van der Waals surface area contributed by atoms with Crippen LogP contribution < -0.4 is 0 Å². The third-order valence-electron chi connectivity index (χ3n) is 5.30. The number of aryl methyl sites for hydroxylation is 2. The summed E-state index contributed by atoms with van der Waals surface area (Å²) in [6, 6.07) is 23.6. The van der Waals surface area contributed by atoms with Crippen molar-refractivity contribution in [1.82, 2.24) is 4.90 Å². The lowest BCUT2D eigenvalue weighted by atomic mass is 9.93. The van der Waals surface area contributed by atoms with Crippen LogP contribution in [0.1, 0.15) is 33.9 Å². The van der Waals surface area contributed by atoms with E-state index in [9.17, 15) is 9.90 Å². The lowest BCUT2D eigenvalue weighted by molar-refractivity contribution is -0.130. The highest BCUT2D eigenvalue weighted by Gasteiger charge is 2.41. The first-order valence-electron chi connectivity index (χ1n) is 9.56. The molecule has 146 valence electrons. The Balaban J connectivity index is 1.81. The second-order valence-electron chi connectivity index (χ2n) is 7.50. The predicted octanol–water partition coefficient (Wildman–Crippen LogP) is 6.12. The van der Waals surface area contributed by atoms with Crippen LogP contribution in [0.25, 0.3) is 5.57 Å². The fraction of sp³-hybridized carbons (Fsp3) is 0.160. The van der Waals surface area contributed by atoms with Gasteiger partial charge in [0.15, 0.2) is 5.76 Å². The first-order valence-corrected chi connectivity index (χ1v) is 10.4. The Morgan fingerprint density at radius 2 is 1.55 bits per heavy atom. The highest BCUT2D eigenvalue weighted by Crippen LogP contribution is 2.44. The molecule has 0 unspecified atom stereocenters. The van der Waals surface area contributed by atoms with Crippen molar-refractivity contribution in [3.05, 3.63) is 111 Å². The lowest BCUT2D eigenvalue weighted by Gasteiger charge is -2.28. The Morgan fingerprint density at radius 3 is 2.17 bits per heavy atom. The zero-order valence-electron chi connectivity index (χ0n) is 16.4. The van der Waals surface area contributed by atoms with Crippen molar-refractivity contribution >= 4 is 27.4 Å². The minimum Gasteiger partial charge on any atom is -0.503 e. The molecule has 1 amide bonds. The van der Waals surface area contributed by atoms with E-state index in [1.165, 1.54) is 5.56 Å². The average molecular weight is 448 g/mol. The molecule has 1 atom stereocenters. The maximum atomic E-state index is 13.1. The normalized spacial score (nSPS) is 16.6. The minimum atomic E-state index is -0.357. The molecule has 0 saturated heterocycles. The Morgan fingerprint density at radius 1 is 0.931 bits per heavy atom. The fourth-order valence-electron chi connectivity index (χ4n) is 3.76. The summed E-state index contributed by atoms with van der Waals surface area (Å²) >= 11 is 3.54. The van der Waals surface area contributed by atoms with Crippen molar-refractivity contribution in [2.45, 2.75) is 26.4 Å². The molecule has 0 spiro atoms. The summed E-state index contributed by atoms with van der Waals surface area (Å²) in [7, 11) is 0. The van der Waals surface area contributed by atoms with Crippen LogP contribution >= 0.6 is 15.9 Å². The number of amides is 1. The SMILES string of the molecule is Cc1ccc(CN2C(=O)C(O)=C(c3ccc(C)cc3)[C@@H]2c2cccc(Br)c2)cc1. The van der Waals surface area contributed by atoms with Crippen LogP contribution in [-0.4, -0.2) is 15.9 Å². The van der Waals surface area contributed by atoms with E-state index >= 15 is 0 Å². The summed E-state index contributed by atoms with van der Waals surface area (Å²) in [5.41, 5.74) is 5.81. The maximum absolute atomic E-state index is 13.1. The molecule has 1 aliphatic rings. The van der Waals surface area contributed by atoms with Crippen LogP contribution in [0.2, 0.25) is 0 Å². The Labute approximate surface area is 179 Å². The quantitative estimate of drug-likeness (QED) is 0.523. The standard InChI is InChI=1S/C25H22BrNO2/c1-16-6-10-18(11-7-16)15-27-23(20-4-3-5-21(26)14-20)22(24(28)25(27)29)19-12-8-17(2)9-13-19/h3-14,23,28H,15H2,1-2H3/t23-/m0/s1. The molecule has 1 N–H and O–H groups in total. The van der Waals surface area contributed by atoms with Gasteiger partial charge in [-0.3, -0.25) is 4.79 Å². The second kappa shape index (κ2) is 7.88. The molecule has 3 aromatic rings. The molecule has 29 heavy (non-hydrogen) atoms. The summed E-state index contributed by atoms with van der Waals surface area (Å²) in [5, 5.41) is 10.9. The van der Waals surface area contributed by atoms with Gasteiger partial charge < -0.3 is 10.0 Å². The molecule has 3 nitrogen and oxygen atoms in total. The Bertz CT molecular complexity index is 1080. The van der Waals surface area contributed by atoms with Crippen molar-refractivity contribution < 1.29 is 9.90 Å². The molecular weight excluding hydrogens is 426 g/mol. The summed E-state index contributed by atoms with van der Waals surface area (Å²) in [5.74, 6) is -0.517. The van der Waals surface area contributed by atoms with Crippen LogP contribution in [-0.2, 0) is 11.3 Å². The summed E-state index contributed by atoms with van der Waals surface area (Å²) in [6.45, 7) is 4.49. The second-order valence-corrected chi connectivity index (χ2v) is 8.42. The van der Waals surface area contributed by atoms with E-state index in [1.54, 1.807) is 4.90 Å². The number of benzene rings is 3. The number of hydrogen-bond donors (Lipinski definition) is 1. The number of aliphatic hydroxyl groups is 1. The zero-order chi connectivity index (χ0) is 20.5. The van der Waals surface area contributed by atoms with Gasteiger partial charge in [-0.2, -0.15) is 0 Å². The highest BCUT2D eigenvalue weighted by atomic mass is 79.9. The van der Waals surface area contributed by atoms with Gasteiger partial charge in [-0.1, -0.05) is 87.7 Å². The molecule has 0 aromatic heterocycles. The van der Waals surface area contributed by atoms with Gasteiger partial charge in [-0.05, 0) is 42.7 Å². The average Bonchev–Trinajstić information content (AvgIpc) is 2.95. The Hall–Kier alpha value is -2.85. The van der Waals surface area contributed by atoms with Crippen LogP contribution in [0.15, 0.2) is 83.0 Å².